The highest BCUT2D eigenvalue weighted by atomic mass is 28.4. The van der Waals surface area contributed by atoms with E-state index >= 15 is 0 Å². The van der Waals surface area contributed by atoms with Gasteiger partial charge in [-0.1, -0.05) is 26.7 Å². The lowest BCUT2D eigenvalue weighted by atomic mass is 9.84. The lowest BCUT2D eigenvalue weighted by molar-refractivity contribution is 0.116. The second kappa shape index (κ2) is 15.9. The lowest BCUT2D eigenvalue weighted by Gasteiger charge is -2.36. The minimum absolute atomic E-state index is 0.367. The summed E-state index contributed by atoms with van der Waals surface area (Å²) in [6.45, 7) is 29.2. The van der Waals surface area contributed by atoms with Gasteiger partial charge in [0.2, 0.25) is 0 Å². The highest BCUT2D eigenvalue weighted by Crippen LogP contribution is 2.34. The summed E-state index contributed by atoms with van der Waals surface area (Å²) in [6, 6.07) is 4.91. The number of epoxide rings is 2. The van der Waals surface area contributed by atoms with Crippen LogP contribution in [0.1, 0.15) is 52.4 Å². The number of ether oxygens (including phenoxy) is 4. The molecule has 0 N–H and O–H groups in total. The second-order valence-corrected chi connectivity index (χ2v) is 33.1. The Bertz CT molecular complexity index is 637. The summed E-state index contributed by atoms with van der Waals surface area (Å²) in [5.41, 5.74) is 0.389. The van der Waals surface area contributed by atoms with Gasteiger partial charge in [-0.25, -0.2) is 0 Å². The Morgan fingerprint density at radius 2 is 0.872 bits per heavy atom. The molecule has 2 atom stereocenters. The summed E-state index contributed by atoms with van der Waals surface area (Å²) in [5, 5.41) is 0. The van der Waals surface area contributed by atoms with Gasteiger partial charge in [0.15, 0.2) is 33.3 Å². The summed E-state index contributed by atoms with van der Waals surface area (Å²) in [4.78, 5) is 0. The van der Waals surface area contributed by atoms with Crippen LogP contribution in [0.5, 0.6) is 0 Å². The van der Waals surface area contributed by atoms with E-state index < -0.39 is 33.3 Å². The van der Waals surface area contributed by atoms with Gasteiger partial charge < -0.3 is 27.2 Å². The van der Waals surface area contributed by atoms with Crippen LogP contribution in [0, 0.1) is 5.41 Å². The molecule has 0 aromatic heterocycles. The van der Waals surface area contributed by atoms with Crippen LogP contribution in [-0.4, -0.2) is 85.1 Å². The first kappa shape index (κ1) is 35.8. The van der Waals surface area contributed by atoms with E-state index in [9.17, 15) is 0 Å². The predicted octanol–water partition coefficient (Wildman–Crippen LogP) is 8.04. The van der Waals surface area contributed by atoms with Crippen molar-refractivity contribution in [3.8, 4) is 0 Å². The van der Waals surface area contributed by atoms with Crippen molar-refractivity contribution in [3.05, 3.63) is 0 Å². The maximum atomic E-state index is 6.88. The number of hydrogen-bond donors (Lipinski definition) is 0. The van der Waals surface area contributed by atoms with Gasteiger partial charge in [-0.15, -0.1) is 0 Å². The molecule has 0 spiro atoms. The molecular formula is C29H64O6Si4. The fraction of sp³-hybridized carbons (Fsp3) is 1.00. The predicted molar refractivity (Wildman–Crippen MR) is 174 cm³/mol. The summed E-state index contributed by atoms with van der Waals surface area (Å²) in [7, 11) is -6.57. The first-order chi connectivity index (χ1) is 18.0. The highest BCUT2D eigenvalue weighted by molar-refractivity contribution is 6.85. The molecular weight excluding hydrogens is 557 g/mol. The van der Waals surface area contributed by atoms with Crippen molar-refractivity contribution in [3.63, 3.8) is 0 Å². The SMILES string of the molecule is CC(C)(CCC[Si](C)(C)O[Si](C)(C)CCCOCC1CO1)CCC[Si](C)(C)O[Si](C)(C)CCCOCC1CO1. The van der Waals surface area contributed by atoms with Crippen molar-refractivity contribution in [2.24, 2.45) is 5.41 Å². The number of rotatable bonds is 24. The summed E-state index contributed by atoms with van der Waals surface area (Å²) in [5.74, 6) is 0. The van der Waals surface area contributed by atoms with E-state index in [1.54, 1.807) is 0 Å². The molecule has 2 heterocycles. The third kappa shape index (κ3) is 18.7. The van der Waals surface area contributed by atoms with E-state index in [1.165, 1.54) is 49.9 Å². The molecule has 2 fully saturated rings. The Morgan fingerprint density at radius 3 is 1.18 bits per heavy atom. The van der Waals surface area contributed by atoms with Gasteiger partial charge in [0.25, 0.3) is 0 Å². The van der Waals surface area contributed by atoms with Crippen molar-refractivity contribution < 1.29 is 27.2 Å². The van der Waals surface area contributed by atoms with Crippen LogP contribution in [-0.2, 0) is 27.2 Å². The molecule has 10 heteroatoms. The zero-order valence-electron chi connectivity index (χ0n) is 27.4. The Hall–Kier alpha value is 0.628. The van der Waals surface area contributed by atoms with E-state index in [0.717, 1.165) is 52.5 Å². The topological polar surface area (TPSA) is 62.0 Å². The molecule has 0 radical (unpaired) electrons. The molecule has 2 aliphatic rings. The lowest BCUT2D eigenvalue weighted by Crippen LogP contribution is -2.44. The van der Waals surface area contributed by atoms with E-state index in [4.69, 9.17) is 27.2 Å². The largest absolute Gasteiger partial charge is 0.455 e. The Morgan fingerprint density at radius 1 is 0.564 bits per heavy atom. The Balaban J connectivity index is 1.59. The van der Waals surface area contributed by atoms with Crippen molar-refractivity contribution >= 4 is 33.3 Å². The van der Waals surface area contributed by atoms with E-state index in [2.05, 4.69) is 66.2 Å². The molecule has 39 heavy (non-hydrogen) atoms. The van der Waals surface area contributed by atoms with Crippen LogP contribution >= 0.6 is 0 Å². The molecule has 0 aliphatic carbocycles. The average molecular weight is 621 g/mol. The van der Waals surface area contributed by atoms with Gasteiger partial charge in [0, 0.05) is 13.2 Å². The van der Waals surface area contributed by atoms with Crippen molar-refractivity contribution in [2.45, 2.75) is 141 Å². The minimum Gasteiger partial charge on any atom is -0.455 e. The maximum Gasteiger partial charge on any atom is 0.173 e. The van der Waals surface area contributed by atoms with Gasteiger partial charge in [-0.2, -0.15) is 0 Å². The van der Waals surface area contributed by atoms with Crippen LogP contribution in [0.2, 0.25) is 76.6 Å². The maximum absolute atomic E-state index is 6.88. The molecule has 232 valence electrons. The average Bonchev–Trinajstić information content (AvgIpc) is 3.66. The molecule has 0 saturated carbocycles. The normalized spacial score (nSPS) is 20.5. The molecule has 0 aromatic carbocycles. The van der Waals surface area contributed by atoms with Crippen LogP contribution in [0.3, 0.4) is 0 Å². The summed E-state index contributed by atoms with van der Waals surface area (Å²) < 4.78 is 35.7. The van der Waals surface area contributed by atoms with Crippen molar-refractivity contribution in [1.82, 2.24) is 0 Å². The standard InChI is InChI=1S/C29H64O6Si4/c1-29(2,15-11-19-36(3,4)34-38(7,8)21-13-17-30-23-27-25-32-27)16-12-20-37(5,6)35-39(9,10)22-14-18-31-24-28-26-33-28/h27-28H,11-26H2,1-10H3. The molecule has 0 bridgehead atoms. The van der Waals surface area contributed by atoms with Gasteiger partial charge in [-0.3, -0.25) is 0 Å². The fourth-order valence-corrected chi connectivity index (χ4v) is 23.4. The number of hydrogen-bond acceptors (Lipinski definition) is 6. The third-order valence-corrected chi connectivity index (χ3v) is 23.0. The molecule has 6 nitrogen and oxygen atoms in total. The molecule has 2 rings (SSSR count). The first-order valence-electron chi connectivity index (χ1n) is 15.8. The van der Waals surface area contributed by atoms with Crippen molar-refractivity contribution in [2.75, 3.05) is 39.6 Å². The van der Waals surface area contributed by atoms with E-state index in [0.29, 0.717) is 17.6 Å². The Labute approximate surface area is 246 Å². The monoisotopic (exact) mass is 620 g/mol. The van der Waals surface area contributed by atoms with Crippen molar-refractivity contribution in [1.29, 1.82) is 0 Å². The fourth-order valence-electron chi connectivity index (χ4n) is 5.77. The van der Waals surface area contributed by atoms with Gasteiger partial charge in [0.1, 0.15) is 12.2 Å². The second-order valence-electron chi connectivity index (χ2n) is 15.4. The van der Waals surface area contributed by atoms with E-state index in [-0.39, 0.29) is 0 Å². The molecule has 2 unspecified atom stereocenters. The van der Waals surface area contributed by atoms with Crippen LogP contribution in [0.25, 0.3) is 0 Å². The molecule has 0 aromatic rings. The van der Waals surface area contributed by atoms with E-state index in [1.807, 2.05) is 0 Å². The molecule has 0 amide bonds. The first-order valence-corrected chi connectivity index (χ1v) is 28.2. The third-order valence-electron chi connectivity index (χ3n) is 7.92. The van der Waals surface area contributed by atoms with Crippen LogP contribution < -0.4 is 0 Å². The summed E-state index contributed by atoms with van der Waals surface area (Å²) in [6.07, 6.45) is 8.11. The highest BCUT2D eigenvalue weighted by Gasteiger charge is 2.35. The van der Waals surface area contributed by atoms with Crippen LogP contribution in [0.15, 0.2) is 0 Å². The molecule has 2 saturated heterocycles. The summed E-state index contributed by atoms with van der Waals surface area (Å²) >= 11 is 0. The zero-order chi connectivity index (χ0) is 29.2. The smallest absolute Gasteiger partial charge is 0.173 e. The molecule has 2 aliphatic heterocycles. The minimum atomic E-state index is -1.64. The van der Waals surface area contributed by atoms with Crippen LogP contribution in [0.4, 0.5) is 0 Å². The quantitative estimate of drug-likeness (QED) is 0.0618. The van der Waals surface area contributed by atoms with Gasteiger partial charge in [0.05, 0.1) is 26.4 Å². The van der Waals surface area contributed by atoms with Gasteiger partial charge in [-0.05, 0) is 108 Å². The van der Waals surface area contributed by atoms with Gasteiger partial charge >= 0.3 is 0 Å². The Kier molecular flexibility index (Phi) is 14.6. The zero-order valence-corrected chi connectivity index (χ0v) is 31.4.